The fourth-order valence-electron chi connectivity index (χ4n) is 0.996. The van der Waals surface area contributed by atoms with Gasteiger partial charge in [0.15, 0.2) is 0 Å². The lowest BCUT2D eigenvalue weighted by Gasteiger charge is -2.06. The van der Waals surface area contributed by atoms with Gasteiger partial charge in [0.25, 0.3) is 0 Å². The molecule has 110 valence electrons. The van der Waals surface area contributed by atoms with Gasteiger partial charge in [-0.2, -0.15) is 84.9 Å². The van der Waals surface area contributed by atoms with Crippen LogP contribution in [0.25, 0.3) is 0 Å². The van der Waals surface area contributed by atoms with Gasteiger partial charge >= 0.3 is 0 Å². The highest BCUT2D eigenvalue weighted by molar-refractivity contribution is 8.05. The number of thioether (sulfide) groups is 4. The van der Waals surface area contributed by atoms with E-state index < -0.39 is 0 Å². The molecule has 0 saturated carbocycles. The molecule has 0 aliphatic carbocycles. The van der Waals surface area contributed by atoms with E-state index in [1.165, 1.54) is 40.3 Å². The monoisotopic (exact) mass is 380 g/mol. The second kappa shape index (κ2) is 17.5. The van der Waals surface area contributed by atoms with E-state index in [0.29, 0.717) is 5.25 Å². The molecule has 0 spiro atoms. The first-order chi connectivity index (χ1) is 8.81. The van der Waals surface area contributed by atoms with Crippen LogP contribution in [0.4, 0.5) is 0 Å². The van der Waals surface area contributed by atoms with Crippen LogP contribution in [0.15, 0.2) is 0 Å². The molecule has 0 N–H and O–H groups in total. The van der Waals surface area contributed by atoms with Gasteiger partial charge in [-0.05, 0) is 5.75 Å². The molecule has 0 aliphatic heterocycles. The van der Waals surface area contributed by atoms with E-state index in [-0.39, 0.29) is 0 Å². The minimum Gasteiger partial charge on any atom is -0.179 e. The van der Waals surface area contributed by atoms with Crippen molar-refractivity contribution in [2.75, 3.05) is 57.5 Å². The van der Waals surface area contributed by atoms with Crippen LogP contribution in [0, 0.1) is 0 Å². The van der Waals surface area contributed by atoms with Crippen LogP contribution in [0.3, 0.4) is 0 Å². The minimum atomic E-state index is 0.452. The molecule has 0 heterocycles. The lowest BCUT2D eigenvalue weighted by atomic mass is 10.6. The highest BCUT2D eigenvalue weighted by Gasteiger charge is 1.99. The van der Waals surface area contributed by atoms with Crippen molar-refractivity contribution < 1.29 is 0 Å². The molecule has 18 heavy (non-hydrogen) atoms. The Morgan fingerprint density at radius 2 is 1.11 bits per heavy atom. The molecule has 0 aromatic carbocycles. The second-order valence-electron chi connectivity index (χ2n) is 3.47. The molecule has 0 rings (SSSR count). The molecule has 0 amide bonds. The summed E-state index contributed by atoms with van der Waals surface area (Å²) in [5.74, 6) is 11.9. The van der Waals surface area contributed by atoms with Crippen molar-refractivity contribution in [3.05, 3.63) is 0 Å². The van der Waals surface area contributed by atoms with Crippen LogP contribution in [-0.4, -0.2) is 62.8 Å². The molecule has 1 atom stereocenters. The third-order valence-electron chi connectivity index (χ3n) is 1.87. The summed E-state index contributed by atoms with van der Waals surface area (Å²) in [4.78, 5) is 0. The number of rotatable bonds is 14. The zero-order valence-electron chi connectivity index (χ0n) is 10.6. The van der Waals surface area contributed by atoms with Gasteiger partial charge in [-0.3, -0.25) is 0 Å². The number of hydrogen-bond donors (Lipinski definition) is 3. The first-order valence-electron chi connectivity index (χ1n) is 6.02. The van der Waals surface area contributed by atoms with Crippen molar-refractivity contribution in [3.63, 3.8) is 0 Å². The van der Waals surface area contributed by atoms with Crippen LogP contribution in [0.2, 0.25) is 0 Å². The minimum absolute atomic E-state index is 0.452. The maximum absolute atomic E-state index is 4.42. The van der Waals surface area contributed by atoms with Crippen LogP contribution < -0.4 is 0 Å². The van der Waals surface area contributed by atoms with Gasteiger partial charge < -0.3 is 0 Å². The molecule has 0 aromatic rings. The fraction of sp³-hybridized carbons (Fsp3) is 1.00. The second-order valence-corrected chi connectivity index (χ2v) is 9.84. The van der Waals surface area contributed by atoms with E-state index >= 15 is 0 Å². The van der Waals surface area contributed by atoms with E-state index in [1.807, 2.05) is 23.5 Å². The van der Waals surface area contributed by atoms with Gasteiger partial charge in [-0.15, -0.1) is 0 Å². The maximum atomic E-state index is 4.42. The summed E-state index contributed by atoms with van der Waals surface area (Å²) < 4.78 is 0. The highest BCUT2D eigenvalue weighted by Crippen LogP contribution is 2.14. The van der Waals surface area contributed by atoms with Gasteiger partial charge in [0.1, 0.15) is 0 Å². The Morgan fingerprint density at radius 1 is 0.667 bits per heavy atom. The van der Waals surface area contributed by atoms with E-state index in [2.05, 4.69) is 61.4 Å². The Hall–Kier alpha value is 2.45. The molecular weight excluding hydrogens is 357 g/mol. The smallest absolute Gasteiger partial charge is 0.0196 e. The summed E-state index contributed by atoms with van der Waals surface area (Å²) in [6, 6.07) is 0. The summed E-state index contributed by atoms with van der Waals surface area (Å²) in [5, 5.41) is 0.452. The first kappa shape index (κ1) is 20.5. The molecule has 0 radical (unpaired) electrons. The average Bonchev–Trinajstić information content (AvgIpc) is 2.39. The van der Waals surface area contributed by atoms with Crippen molar-refractivity contribution >= 4 is 84.9 Å². The predicted molar refractivity (Wildman–Crippen MR) is 110 cm³/mol. The summed E-state index contributed by atoms with van der Waals surface area (Å²) in [6.45, 7) is 0. The van der Waals surface area contributed by atoms with Gasteiger partial charge in [0.2, 0.25) is 0 Å². The lowest BCUT2D eigenvalue weighted by molar-refractivity contribution is 1.16. The van der Waals surface area contributed by atoms with Crippen molar-refractivity contribution in [1.82, 2.24) is 0 Å². The van der Waals surface area contributed by atoms with Crippen molar-refractivity contribution in [3.8, 4) is 0 Å². The zero-order valence-corrected chi connectivity index (χ0v) is 16.6. The first-order valence-corrected chi connectivity index (χ1v) is 12.4. The summed E-state index contributed by atoms with van der Waals surface area (Å²) in [5.41, 5.74) is 0. The van der Waals surface area contributed by atoms with Gasteiger partial charge in [-0.25, -0.2) is 0 Å². The van der Waals surface area contributed by atoms with Crippen LogP contribution >= 0.6 is 84.9 Å². The lowest BCUT2D eigenvalue weighted by Crippen LogP contribution is -2.04. The topological polar surface area (TPSA) is 0 Å². The number of thiol groups is 3. The predicted octanol–water partition coefficient (Wildman–Crippen LogP) is 4.08. The van der Waals surface area contributed by atoms with Crippen molar-refractivity contribution in [1.29, 1.82) is 0 Å². The van der Waals surface area contributed by atoms with Gasteiger partial charge in [-0.1, -0.05) is 0 Å². The standard InChI is InChI=1S/C11H24S7/c12-1-2-15-3-4-16-5-6-17-7-8-18-10-11(14)9-13/h11-14H,1-10H2. The molecule has 7 heteroatoms. The third-order valence-corrected chi connectivity index (χ3v) is 8.60. The molecule has 0 bridgehead atoms. The molecule has 0 fully saturated rings. The average molecular weight is 381 g/mol. The molecule has 0 nitrogen and oxygen atoms in total. The van der Waals surface area contributed by atoms with Crippen LogP contribution in [-0.2, 0) is 0 Å². The summed E-state index contributed by atoms with van der Waals surface area (Å²) >= 11 is 21.0. The Labute approximate surface area is 146 Å². The Bertz CT molecular complexity index is 156. The normalized spacial score (nSPS) is 12.8. The SMILES string of the molecule is SCCSCCSCCSCCSCC(S)CS. The largest absolute Gasteiger partial charge is 0.179 e. The fourth-order valence-corrected chi connectivity index (χ4v) is 6.13. The molecule has 1 unspecified atom stereocenters. The van der Waals surface area contributed by atoms with Crippen molar-refractivity contribution in [2.24, 2.45) is 0 Å². The maximum Gasteiger partial charge on any atom is 0.0196 e. The van der Waals surface area contributed by atoms with E-state index in [4.69, 9.17) is 0 Å². The van der Waals surface area contributed by atoms with E-state index in [0.717, 1.165) is 17.3 Å². The number of hydrogen-bond acceptors (Lipinski definition) is 7. The Balaban J connectivity index is 2.94. The molecule has 0 saturated heterocycles. The van der Waals surface area contributed by atoms with E-state index in [1.54, 1.807) is 0 Å². The highest BCUT2D eigenvalue weighted by atomic mass is 32.2. The summed E-state index contributed by atoms with van der Waals surface area (Å²) in [6.07, 6.45) is 0. The Kier molecular flexibility index (Phi) is 19.9. The molecule has 0 aromatic heterocycles. The van der Waals surface area contributed by atoms with Gasteiger partial charge in [0.05, 0.1) is 0 Å². The zero-order chi connectivity index (χ0) is 13.5. The molecule has 0 aliphatic rings. The molecular formula is C11H24S7. The van der Waals surface area contributed by atoms with Crippen LogP contribution in [0.5, 0.6) is 0 Å². The third kappa shape index (κ3) is 16.5. The van der Waals surface area contributed by atoms with Crippen molar-refractivity contribution in [2.45, 2.75) is 5.25 Å². The van der Waals surface area contributed by atoms with Gasteiger partial charge in [0, 0.05) is 57.0 Å². The Morgan fingerprint density at radius 3 is 1.56 bits per heavy atom. The quantitative estimate of drug-likeness (QED) is 0.307. The van der Waals surface area contributed by atoms with E-state index in [9.17, 15) is 0 Å². The van der Waals surface area contributed by atoms with Crippen LogP contribution in [0.1, 0.15) is 0 Å². The summed E-state index contributed by atoms with van der Waals surface area (Å²) in [7, 11) is 0.